The number of hydrogen-bond acceptors (Lipinski definition) is 4. The van der Waals surface area contributed by atoms with Crippen LogP contribution in [0.3, 0.4) is 0 Å². The highest BCUT2D eigenvalue weighted by Crippen LogP contribution is 2.25. The van der Waals surface area contributed by atoms with Crippen LogP contribution in [0.4, 0.5) is 0 Å². The topological polar surface area (TPSA) is 96.4 Å². The Morgan fingerprint density at radius 1 is 1.04 bits per heavy atom. The summed E-state index contributed by atoms with van der Waals surface area (Å²) >= 11 is 0. The van der Waals surface area contributed by atoms with Crippen molar-refractivity contribution in [1.82, 2.24) is 24.7 Å². The van der Waals surface area contributed by atoms with Gasteiger partial charge in [-0.2, -0.15) is 5.10 Å². The average Bonchev–Trinajstić information content (AvgIpc) is 3.11. The number of hydrogen-bond donors (Lipinski definition) is 2. The molecule has 0 amide bonds. The van der Waals surface area contributed by atoms with E-state index >= 15 is 0 Å². The first kappa shape index (κ1) is 16.7. The van der Waals surface area contributed by atoms with Crippen LogP contribution in [0, 0.1) is 6.92 Å². The standard InChI is InChI=1S/C20H17N5O2/c1-13-16(9-18(24-23-13)17-10-21-20(27)22-19(17)26)15-7-8-25(12-15)11-14-5-3-2-4-6-14/h2-10,12H,11H2,1H3,(H2,21,22,26,27). The fraction of sp³-hybridized carbons (Fsp3) is 0.100. The van der Waals surface area contributed by atoms with E-state index in [-0.39, 0.29) is 5.56 Å². The maximum absolute atomic E-state index is 12.0. The summed E-state index contributed by atoms with van der Waals surface area (Å²) in [5.74, 6) is 0. The summed E-state index contributed by atoms with van der Waals surface area (Å²) in [6, 6.07) is 14.0. The molecule has 0 aliphatic carbocycles. The molecule has 3 aromatic heterocycles. The molecule has 0 aliphatic heterocycles. The summed E-state index contributed by atoms with van der Waals surface area (Å²) < 4.78 is 2.09. The van der Waals surface area contributed by atoms with Crippen molar-refractivity contribution in [2.24, 2.45) is 0 Å². The van der Waals surface area contributed by atoms with Crippen molar-refractivity contribution in [3.8, 4) is 22.4 Å². The van der Waals surface area contributed by atoms with Gasteiger partial charge in [-0.05, 0) is 24.6 Å². The van der Waals surface area contributed by atoms with E-state index in [0.29, 0.717) is 5.69 Å². The van der Waals surface area contributed by atoms with Crippen molar-refractivity contribution in [2.75, 3.05) is 0 Å². The van der Waals surface area contributed by atoms with Gasteiger partial charge in [0.1, 0.15) is 5.69 Å². The monoisotopic (exact) mass is 359 g/mol. The third-order valence-electron chi connectivity index (χ3n) is 4.34. The Bertz CT molecular complexity index is 1200. The third kappa shape index (κ3) is 3.48. The van der Waals surface area contributed by atoms with Crippen molar-refractivity contribution < 1.29 is 0 Å². The van der Waals surface area contributed by atoms with Crippen LogP contribution in [0.5, 0.6) is 0 Å². The maximum atomic E-state index is 12.0. The van der Waals surface area contributed by atoms with Crippen LogP contribution >= 0.6 is 0 Å². The number of rotatable bonds is 4. The minimum absolute atomic E-state index is 0.270. The zero-order valence-electron chi connectivity index (χ0n) is 14.6. The fourth-order valence-electron chi connectivity index (χ4n) is 2.97. The second kappa shape index (κ2) is 6.87. The molecule has 0 radical (unpaired) electrons. The number of aromatic amines is 2. The minimum Gasteiger partial charge on any atom is -0.349 e. The van der Waals surface area contributed by atoms with Gasteiger partial charge in [-0.25, -0.2) is 4.79 Å². The van der Waals surface area contributed by atoms with E-state index in [0.717, 1.165) is 23.4 Å². The lowest BCUT2D eigenvalue weighted by molar-refractivity contribution is 0.806. The molecule has 27 heavy (non-hydrogen) atoms. The lowest BCUT2D eigenvalue weighted by Gasteiger charge is -2.06. The fourth-order valence-corrected chi connectivity index (χ4v) is 2.97. The second-order valence-corrected chi connectivity index (χ2v) is 6.27. The molecule has 7 heteroatoms. The van der Waals surface area contributed by atoms with Crippen LogP contribution < -0.4 is 11.2 Å². The highest BCUT2D eigenvalue weighted by Gasteiger charge is 2.12. The predicted molar refractivity (Wildman–Crippen MR) is 102 cm³/mol. The van der Waals surface area contributed by atoms with Gasteiger partial charge in [-0.3, -0.25) is 9.78 Å². The van der Waals surface area contributed by atoms with Crippen molar-refractivity contribution in [2.45, 2.75) is 13.5 Å². The van der Waals surface area contributed by atoms with Crippen molar-refractivity contribution in [3.63, 3.8) is 0 Å². The molecule has 0 spiro atoms. The lowest BCUT2D eigenvalue weighted by Crippen LogP contribution is -2.22. The molecule has 7 nitrogen and oxygen atoms in total. The summed E-state index contributed by atoms with van der Waals surface area (Å²) in [5, 5.41) is 8.29. The van der Waals surface area contributed by atoms with Crippen molar-refractivity contribution in [3.05, 3.63) is 93.2 Å². The smallest absolute Gasteiger partial charge is 0.325 e. The third-order valence-corrected chi connectivity index (χ3v) is 4.34. The van der Waals surface area contributed by atoms with Gasteiger partial charge in [0.25, 0.3) is 5.56 Å². The predicted octanol–water partition coefficient (Wildman–Crippen LogP) is 2.35. The maximum Gasteiger partial charge on any atom is 0.325 e. The van der Waals surface area contributed by atoms with Gasteiger partial charge >= 0.3 is 5.69 Å². The van der Waals surface area contributed by atoms with Crippen LogP contribution in [0.2, 0.25) is 0 Å². The minimum atomic E-state index is -0.554. The molecular formula is C20H17N5O2. The van der Waals surface area contributed by atoms with E-state index in [9.17, 15) is 9.59 Å². The molecule has 134 valence electrons. The lowest BCUT2D eigenvalue weighted by atomic mass is 10.1. The number of benzene rings is 1. The largest absolute Gasteiger partial charge is 0.349 e. The Labute approximate surface area is 154 Å². The summed E-state index contributed by atoms with van der Waals surface area (Å²) in [6.07, 6.45) is 5.40. The molecule has 0 fully saturated rings. The summed E-state index contributed by atoms with van der Waals surface area (Å²) in [6.45, 7) is 2.64. The molecule has 1 aromatic carbocycles. The second-order valence-electron chi connectivity index (χ2n) is 6.27. The summed E-state index contributed by atoms with van der Waals surface area (Å²) in [7, 11) is 0. The molecular weight excluding hydrogens is 342 g/mol. The zero-order valence-corrected chi connectivity index (χ0v) is 14.6. The first-order chi connectivity index (χ1) is 13.1. The van der Waals surface area contributed by atoms with Gasteiger partial charge in [0.15, 0.2) is 0 Å². The van der Waals surface area contributed by atoms with E-state index in [2.05, 4.69) is 36.9 Å². The van der Waals surface area contributed by atoms with Gasteiger partial charge in [0, 0.05) is 36.3 Å². The number of aryl methyl sites for hydroxylation is 1. The normalized spacial score (nSPS) is 10.9. The van der Waals surface area contributed by atoms with Crippen LogP contribution in [-0.4, -0.2) is 24.7 Å². The van der Waals surface area contributed by atoms with Crippen LogP contribution in [-0.2, 0) is 6.54 Å². The molecule has 3 heterocycles. The molecule has 0 atom stereocenters. The van der Waals surface area contributed by atoms with Gasteiger partial charge < -0.3 is 9.55 Å². The van der Waals surface area contributed by atoms with Crippen molar-refractivity contribution in [1.29, 1.82) is 0 Å². The molecule has 0 bridgehead atoms. The van der Waals surface area contributed by atoms with Gasteiger partial charge in [0.2, 0.25) is 0 Å². The Hall–Kier alpha value is -3.74. The Morgan fingerprint density at radius 2 is 1.85 bits per heavy atom. The van der Waals surface area contributed by atoms with Crippen LogP contribution in [0.1, 0.15) is 11.3 Å². The van der Waals surface area contributed by atoms with Crippen molar-refractivity contribution >= 4 is 0 Å². The first-order valence-corrected chi connectivity index (χ1v) is 8.47. The van der Waals surface area contributed by atoms with Gasteiger partial charge in [-0.1, -0.05) is 30.3 Å². The molecule has 4 rings (SSSR count). The molecule has 0 unspecified atom stereocenters. The highest BCUT2D eigenvalue weighted by molar-refractivity contribution is 5.70. The van der Waals surface area contributed by atoms with Crippen LogP contribution in [0.15, 0.2) is 70.6 Å². The zero-order chi connectivity index (χ0) is 18.8. The Balaban J connectivity index is 1.70. The average molecular weight is 359 g/mol. The highest BCUT2D eigenvalue weighted by atomic mass is 16.2. The van der Waals surface area contributed by atoms with Gasteiger partial charge in [0.05, 0.1) is 11.3 Å². The summed E-state index contributed by atoms with van der Waals surface area (Å²) in [4.78, 5) is 27.9. The Kier molecular flexibility index (Phi) is 4.25. The van der Waals surface area contributed by atoms with E-state index in [4.69, 9.17) is 0 Å². The molecule has 0 saturated heterocycles. The van der Waals surface area contributed by atoms with E-state index in [1.165, 1.54) is 11.8 Å². The number of nitrogens with one attached hydrogen (secondary N) is 2. The molecule has 0 aliphatic rings. The number of H-pyrrole nitrogens is 2. The van der Waals surface area contributed by atoms with E-state index < -0.39 is 11.2 Å². The van der Waals surface area contributed by atoms with Gasteiger partial charge in [-0.15, -0.1) is 5.10 Å². The van der Waals surface area contributed by atoms with E-state index in [1.54, 1.807) is 0 Å². The molecule has 4 aromatic rings. The summed E-state index contributed by atoms with van der Waals surface area (Å²) in [5.41, 5.74) is 3.47. The first-order valence-electron chi connectivity index (χ1n) is 8.47. The quantitative estimate of drug-likeness (QED) is 0.584. The SMILES string of the molecule is Cc1nnc(-c2c[nH]c(=O)[nH]c2=O)cc1-c1ccn(Cc2ccccc2)c1. The number of nitrogens with zero attached hydrogens (tertiary/aromatic N) is 3. The van der Waals surface area contributed by atoms with Crippen LogP contribution in [0.25, 0.3) is 22.4 Å². The number of aromatic nitrogens is 5. The van der Waals surface area contributed by atoms with E-state index in [1.807, 2.05) is 49.6 Å². The molecule has 0 saturated carbocycles. The molecule has 2 N–H and O–H groups in total. The Morgan fingerprint density at radius 3 is 2.63 bits per heavy atom.